The van der Waals surface area contributed by atoms with Crippen LogP contribution >= 0.6 is 0 Å². The molecule has 22 heavy (non-hydrogen) atoms. The first-order valence-corrected chi connectivity index (χ1v) is 7.50. The van der Waals surface area contributed by atoms with E-state index in [1.807, 2.05) is 0 Å². The van der Waals surface area contributed by atoms with Crippen LogP contribution < -0.4 is 10.6 Å². The summed E-state index contributed by atoms with van der Waals surface area (Å²) in [7, 11) is 0. The van der Waals surface area contributed by atoms with Gasteiger partial charge < -0.3 is 15.2 Å². The van der Waals surface area contributed by atoms with E-state index < -0.39 is 17.3 Å². The highest BCUT2D eigenvalue weighted by molar-refractivity contribution is 5.82. The smallest absolute Gasteiger partial charge is 0.414 e. The van der Waals surface area contributed by atoms with E-state index in [1.165, 1.54) is 0 Å². The molecule has 1 aromatic heterocycles. The van der Waals surface area contributed by atoms with E-state index in [4.69, 9.17) is 4.74 Å². The van der Waals surface area contributed by atoms with Crippen LogP contribution in [0.4, 0.5) is 10.7 Å². The number of piperidine rings is 1. The standard InChI is InChI=1S/C15H24N4O3/c1-14(2,3)22-13(20)19-12-17-9-11(10-18-12)8-15(21)4-6-16-7-5-15/h9-10,16,21H,4-8H2,1-3H3,(H,17,18,19,20). The molecule has 1 fully saturated rings. The Hall–Kier alpha value is -1.73. The first-order valence-electron chi connectivity index (χ1n) is 7.50. The molecule has 0 spiro atoms. The normalized spacial score (nSPS) is 17.8. The Balaban J connectivity index is 1.91. The minimum atomic E-state index is -0.700. The molecule has 0 unspecified atom stereocenters. The lowest BCUT2D eigenvalue weighted by atomic mass is 9.87. The van der Waals surface area contributed by atoms with Gasteiger partial charge in [0.05, 0.1) is 5.60 Å². The molecule has 1 aromatic rings. The van der Waals surface area contributed by atoms with E-state index in [-0.39, 0.29) is 5.95 Å². The summed E-state index contributed by atoms with van der Waals surface area (Å²) in [4.78, 5) is 19.8. The fourth-order valence-electron chi connectivity index (χ4n) is 2.35. The average molecular weight is 308 g/mol. The van der Waals surface area contributed by atoms with Gasteiger partial charge in [0, 0.05) is 18.8 Å². The quantitative estimate of drug-likeness (QED) is 0.782. The molecule has 1 amide bonds. The summed E-state index contributed by atoms with van der Waals surface area (Å²) in [6, 6.07) is 0. The Bertz CT molecular complexity index is 505. The van der Waals surface area contributed by atoms with E-state index in [1.54, 1.807) is 33.2 Å². The number of nitrogens with one attached hydrogen (secondary N) is 2. The van der Waals surface area contributed by atoms with Crippen molar-refractivity contribution in [3.8, 4) is 0 Å². The van der Waals surface area contributed by atoms with Gasteiger partial charge in [-0.15, -0.1) is 0 Å². The number of amides is 1. The fourth-order valence-corrected chi connectivity index (χ4v) is 2.35. The Labute approximate surface area is 130 Å². The lowest BCUT2D eigenvalue weighted by Gasteiger charge is -2.32. The van der Waals surface area contributed by atoms with Gasteiger partial charge in [-0.25, -0.2) is 14.8 Å². The number of hydrogen-bond acceptors (Lipinski definition) is 6. The van der Waals surface area contributed by atoms with Crippen molar-refractivity contribution in [1.82, 2.24) is 15.3 Å². The molecule has 2 rings (SSSR count). The van der Waals surface area contributed by atoms with Crippen molar-refractivity contribution in [1.29, 1.82) is 0 Å². The second kappa shape index (κ2) is 6.58. The monoisotopic (exact) mass is 308 g/mol. The number of rotatable bonds is 3. The third kappa shape index (κ3) is 5.23. The van der Waals surface area contributed by atoms with Crippen molar-refractivity contribution in [3.63, 3.8) is 0 Å². The molecule has 7 heteroatoms. The summed E-state index contributed by atoms with van der Waals surface area (Å²) < 4.78 is 5.13. The summed E-state index contributed by atoms with van der Waals surface area (Å²) in [5, 5.41) is 16.2. The zero-order chi connectivity index (χ0) is 16.2. The molecule has 0 aliphatic carbocycles. The van der Waals surface area contributed by atoms with Crippen molar-refractivity contribution >= 4 is 12.0 Å². The van der Waals surface area contributed by atoms with Crippen molar-refractivity contribution in [2.75, 3.05) is 18.4 Å². The lowest BCUT2D eigenvalue weighted by molar-refractivity contribution is 0.0107. The van der Waals surface area contributed by atoms with Gasteiger partial charge in [-0.3, -0.25) is 5.32 Å². The van der Waals surface area contributed by atoms with Crippen LogP contribution in [0.5, 0.6) is 0 Å². The number of ether oxygens (including phenoxy) is 1. The van der Waals surface area contributed by atoms with Gasteiger partial charge in [0.2, 0.25) is 5.95 Å². The zero-order valence-electron chi connectivity index (χ0n) is 13.3. The fraction of sp³-hybridized carbons (Fsp3) is 0.667. The molecule has 0 aromatic carbocycles. The van der Waals surface area contributed by atoms with Gasteiger partial charge in [-0.1, -0.05) is 0 Å². The summed E-state index contributed by atoms with van der Waals surface area (Å²) >= 11 is 0. The second-order valence-electron chi connectivity index (χ2n) is 6.69. The van der Waals surface area contributed by atoms with E-state index in [0.29, 0.717) is 19.3 Å². The molecule has 2 heterocycles. The zero-order valence-corrected chi connectivity index (χ0v) is 13.3. The third-order valence-electron chi connectivity index (χ3n) is 3.39. The van der Waals surface area contributed by atoms with Gasteiger partial charge in [-0.05, 0) is 52.3 Å². The molecule has 0 radical (unpaired) electrons. The van der Waals surface area contributed by atoms with Crippen molar-refractivity contribution in [3.05, 3.63) is 18.0 Å². The minimum Gasteiger partial charge on any atom is -0.444 e. The van der Waals surface area contributed by atoms with Crippen molar-refractivity contribution in [2.45, 2.75) is 51.2 Å². The van der Waals surface area contributed by atoms with E-state index in [2.05, 4.69) is 20.6 Å². The Morgan fingerprint density at radius 1 is 1.36 bits per heavy atom. The SMILES string of the molecule is CC(C)(C)OC(=O)Nc1ncc(CC2(O)CCNCC2)cn1. The molecular weight excluding hydrogens is 284 g/mol. The number of carbonyl (C=O) groups excluding carboxylic acids is 1. The maximum Gasteiger partial charge on any atom is 0.414 e. The Morgan fingerprint density at radius 3 is 2.50 bits per heavy atom. The van der Waals surface area contributed by atoms with Gasteiger partial charge in [-0.2, -0.15) is 0 Å². The summed E-state index contributed by atoms with van der Waals surface area (Å²) in [5.74, 6) is 0.190. The minimum absolute atomic E-state index is 0.190. The van der Waals surface area contributed by atoms with E-state index in [0.717, 1.165) is 18.7 Å². The number of hydrogen-bond donors (Lipinski definition) is 3. The molecule has 0 bridgehead atoms. The van der Waals surface area contributed by atoms with Gasteiger partial charge in [0.1, 0.15) is 5.60 Å². The highest BCUT2D eigenvalue weighted by Gasteiger charge is 2.29. The molecule has 0 saturated carbocycles. The van der Waals surface area contributed by atoms with E-state index in [9.17, 15) is 9.90 Å². The van der Waals surface area contributed by atoms with Crippen LogP contribution in [-0.2, 0) is 11.2 Å². The molecule has 122 valence electrons. The Kier molecular flexibility index (Phi) is 4.97. The molecule has 3 N–H and O–H groups in total. The van der Waals surface area contributed by atoms with Crippen LogP contribution in [0.25, 0.3) is 0 Å². The van der Waals surface area contributed by atoms with Crippen LogP contribution in [-0.4, -0.2) is 45.5 Å². The molecular formula is C15H24N4O3. The molecule has 1 saturated heterocycles. The highest BCUT2D eigenvalue weighted by Crippen LogP contribution is 2.22. The van der Waals surface area contributed by atoms with Crippen LogP contribution in [0.1, 0.15) is 39.2 Å². The maximum atomic E-state index is 11.6. The Morgan fingerprint density at radius 2 is 1.95 bits per heavy atom. The first-order chi connectivity index (χ1) is 10.3. The largest absolute Gasteiger partial charge is 0.444 e. The van der Waals surface area contributed by atoms with Crippen molar-refractivity contribution in [2.24, 2.45) is 0 Å². The van der Waals surface area contributed by atoms with Crippen LogP contribution in [0.15, 0.2) is 12.4 Å². The number of nitrogens with zero attached hydrogens (tertiary/aromatic N) is 2. The number of aliphatic hydroxyl groups is 1. The summed E-state index contributed by atoms with van der Waals surface area (Å²) in [6.07, 6.45) is 4.61. The molecule has 0 atom stereocenters. The third-order valence-corrected chi connectivity index (χ3v) is 3.39. The number of aromatic nitrogens is 2. The first kappa shape index (κ1) is 16.6. The predicted octanol–water partition coefficient (Wildman–Crippen LogP) is 1.48. The van der Waals surface area contributed by atoms with Gasteiger partial charge >= 0.3 is 6.09 Å². The topological polar surface area (TPSA) is 96.4 Å². The summed E-state index contributed by atoms with van der Waals surface area (Å²) in [6.45, 7) is 6.99. The van der Waals surface area contributed by atoms with Gasteiger partial charge in [0.25, 0.3) is 0 Å². The van der Waals surface area contributed by atoms with Gasteiger partial charge in [0.15, 0.2) is 0 Å². The van der Waals surface area contributed by atoms with E-state index >= 15 is 0 Å². The number of anilines is 1. The van der Waals surface area contributed by atoms with Crippen LogP contribution in [0.3, 0.4) is 0 Å². The lowest BCUT2D eigenvalue weighted by Crippen LogP contribution is -2.43. The predicted molar refractivity (Wildman–Crippen MR) is 82.6 cm³/mol. The molecule has 1 aliphatic heterocycles. The van der Waals surface area contributed by atoms with Crippen LogP contribution in [0.2, 0.25) is 0 Å². The maximum absolute atomic E-state index is 11.6. The average Bonchev–Trinajstić information content (AvgIpc) is 2.39. The van der Waals surface area contributed by atoms with Crippen molar-refractivity contribution < 1.29 is 14.6 Å². The molecule has 1 aliphatic rings. The number of carbonyl (C=O) groups is 1. The van der Waals surface area contributed by atoms with Crippen LogP contribution in [0, 0.1) is 0 Å². The summed E-state index contributed by atoms with van der Waals surface area (Å²) in [5.41, 5.74) is -0.420. The molecule has 7 nitrogen and oxygen atoms in total. The second-order valence-corrected chi connectivity index (χ2v) is 6.69. The highest BCUT2D eigenvalue weighted by atomic mass is 16.6.